The zero-order valence-electron chi connectivity index (χ0n) is 8.87. The molecule has 1 aliphatic rings. The molecule has 1 saturated heterocycles. The predicted molar refractivity (Wildman–Crippen MR) is 68.9 cm³/mol. The van der Waals surface area contributed by atoms with Crippen LogP contribution in [-0.4, -0.2) is 23.6 Å². The van der Waals surface area contributed by atoms with Gasteiger partial charge < -0.3 is 5.32 Å². The van der Waals surface area contributed by atoms with E-state index in [-0.39, 0.29) is 0 Å². The normalized spacial score (nSPS) is 26.5. The standard InChI is InChI=1S/C12H16ClNS/c1-9-12(15-6-5-14-9)8-10-3-2-4-11(13)7-10/h2-4,7,9,12,14H,5-6,8H2,1H3. The Morgan fingerprint density at radius 2 is 2.40 bits per heavy atom. The molecule has 1 N–H and O–H groups in total. The molecule has 3 heteroatoms. The third kappa shape index (κ3) is 3.13. The number of rotatable bonds is 2. The first-order chi connectivity index (χ1) is 7.25. The Hall–Kier alpha value is -0.180. The summed E-state index contributed by atoms with van der Waals surface area (Å²) in [6, 6.07) is 8.80. The second-order valence-corrected chi connectivity index (χ2v) is 5.77. The van der Waals surface area contributed by atoms with Crippen LogP contribution in [0, 0.1) is 0 Å². The van der Waals surface area contributed by atoms with Crippen LogP contribution in [0.25, 0.3) is 0 Å². The molecular formula is C12H16ClNS. The molecule has 82 valence electrons. The highest BCUT2D eigenvalue weighted by atomic mass is 35.5. The first-order valence-corrected chi connectivity index (χ1v) is 6.78. The van der Waals surface area contributed by atoms with Gasteiger partial charge in [-0.25, -0.2) is 0 Å². The van der Waals surface area contributed by atoms with E-state index in [2.05, 4.69) is 36.1 Å². The number of nitrogens with one attached hydrogen (secondary N) is 1. The second-order valence-electron chi connectivity index (χ2n) is 3.99. The Kier molecular flexibility index (Phi) is 3.95. The molecule has 2 unspecified atom stereocenters. The molecule has 2 rings (SSSR count). The highest BCUT2D eigenvalue weighted by Gasteiger charge is 2.21. The topological polar surface area (TPSA) is 12.0 Å². The zero-order chi connectivity index (χ0) is 10.7. The van der Waals surface area contributed by atoms with Gasteiger partial charge in [0.15, 0.2) is 0 Å². The number of benzene rings is 1. The van der Waals surface area contributed by atoms with Crippen molar-refractivity contribution in [2.45, 2.75) is 24.6 Å². The summed E-state index contributed by atoms with van der Waals surface area (Å²) in [6.07, 6.45) is 1.11. The highest BCUT2D eigenvalue weighted by molar-refractivity contribution is 8.00. The lowest BCUT2D eigenvalue weighted by Crippen LogP contribution is -2.42. The molecule has 1 heterocycles. The van der Waals surface area contributed by atoms with Crippen LogP contribution in [-0.2, 0) is 6.42 Å². The van der Waals surface area contributed by atoms with Crippen molar-refractivity contribution in [3.05, 3.63) is 34.9 Å². The van der Waals surface area contributed by atoms with Crippen LogP contribution in [0.1, 0.15) is 12.5 Å². The van der Waals surface area contributed by atoms with Crippen LogP contribution in [0.4, 0.5) is 0 Å². The summed E-state index contributed by atoms with van der Waals surface area (Å²) >= 11 is 8.04. The number of hydrogen-bond acceptors (Lipinski definition) is 2. The molecule has 1 aliphatic heterocycles. The zero-order valence-corrected chi connectivity index (χ0v) is 10.4. The van der Waals surface area contributed by atoms with Crippen molar-refractivity contribution in [2.24, 2.45) is 0 Å². The van der Waals surface area contributed by atoms with Crippen molar-refractivity contribution >= 4 is 23.4 Å². The highest BCUT2D eigenvalue weighted by Crippen LogP contribution is 2.23. The van der Waals surface area contributed by atoms with E-state index in [4.69, 9.17) is 11.6 Å². The van der Waals surface area contributed by atoms with Crippen molar-refractivity contribution in [1.29, 1.82) is 0 Å². The van der Waals surface area contributed by atoms with E-state index in [0.29, 0.717) is 11.3 Å². The SMILES string of the molecule is CC1NCCSC1Cc1cccc(Cl)c1. The monoisotopic (exact) mass is 241 g/mol. The lowest BCUT2D eigenvalue weighted by molar-refractivity contribution is 0.529. The predicted octanol–water partition coefficient (Wildman–Crippen LogP) is 2.98. The summed E-state index contributed by atoms with van der Waals surface area (Å²) in [5.74, 6) is 1.22. The summed E-state index contributed by atoms with van der Waals surface area (Å²) in [7, 11) is 0. The lowest BCUT2D eigenvalue weighted by atomic mass is 10.1. The largest absolute Gasteiger partial charge is 0.312 e. The van der Waals surface area contributed by atoms with Gasteiger partial charge in [0.25, 0.3) is 0 Å². The smallest absolute Gasteiger partial charge is 0.0408 e. The maximum atomic E-state index is 5.98. The molecule has 2 atom stereocenters. The molecule has 0 amide bonds. The summed E-state index contributed by atoms with van der Waals surface area (Å²) in [5, 5.41) is 5.03. The van der Waals surface area contributed by atoms with E-state index < -0.39 is 0 Å². The van der Waals surface area contributed by atoms with Gasteiger partial charge in [-0.2, -0.15) is 11.8 Å². The number of thioether (sulfide) groups is 1. The van der Waals surface area contributed by atoms with Crippen molar-refractivity contribution < 1.29 is 0 Å². The van der Waals surface area contributed by atoms with Gasteiger partial charge in [-0.1, -0.05) is 23.7 Å². The molecule has 1 fully saturated rings. The third-order valence-corrected chi connectivity index (χ3v) is 4.46. The molecule has 1 nitrogen and oxygen atoms in total. The maximum Gasteiger partial charge on any atom is 0.0408 e. The van der Waals surface area contributed by atoms with Gasteiger partial charge >= 0.3 is 0 Å². The molecule has 0 radical (unpaired) electrons. The number of hydrogen-bond donors (Lipinski definition) is 1. The Morgan fingerprint density at radius 3 is 3.13 bits per heavy atom. The summed E-state index contributed by atoms with van der Waals surface area (Å²) < 4.78 is 0. The lowest BCUT2D eigenvalue weighted by Gasteiger charge is -2.29. The van der Waals surface area contributed by atoms with Gasteiger partial charge in [0.05, 0.1) is 0 Å². The molecule has 0 bridgehead atoms. The first-order valence-electron chi connectivity index (χ1n) is 5.35. The molecular weight excluding hydrogens is 226 g/mol. The molecule has 15 heavy (non-hydrogen) atoms. The summed E-state index contributed by atoms with van der Waals surface area (Å²) in [6.45, 7) is 3.40. The van der Waals surface area contributed by atoms with Gasteiger partial charge in [0, 0.05) is 28.6 Å². The Labute approximate surface area is 101 Å². The van der Waals surface area contributed by atoms with Crippen LogP contribution in [0.5, 0.6) is 0 Å². The fourth-order valence-corrected chi connectivity index (χ4v) is 3.35. The minimum atomic E-state index is 0.600. The van der Waals surface area contributed by atoms with Crippen molar-refractivity contribution in [1.82, 2.24) is 5.32 Å². The van der Waals surface area contributed by atoms with E-state index in [1.807, 2.05) is 12.1 Å². The maximum absolute atomic E-state index is 5.98. The van der Waals surface area contributed by atoms with Crippen molar-refractivity contribution in [3.8, 4) is 0 Å². The van der Waals surface area contributed by atoms with Crippen LogP contribution in [0.15, 0.2) is 24.3 Å². The Bertz CT molecular complexity index is 329. The second kappa shape index (κ2) is 5.24. The molecule has 1 aromatic rings. The first kappa shape index (κ1) is 11.3. The average Bonchev–Trinajstić information content (AvgIpc) is 2.22. The van der Waals surface area contributed by atoms with E-state index in [9.17, 15) is 0 Å². The van der Waals surface area contributed by atoms with Gasteiger partial charge in [0.2, 0.25) is 0 Å². The number of halogens is 1. The average molecular weight is 242 g/mol. The van der Waals surface area contributed by atoms with Crippen molar-refractivity contribution in [3.63, 3.8) is 0 Å². The van der Waals surface area contributed by atoms with Crippen LogP contribution in [0.3, 0.4) is 0 Å². The van der Waals surface area contributed by atoms with Crippen LogP contribution < -0.4 is 5.32 Å². The fraction of sp³-hybridized carbons (Fsp3) is 0.500. The molecule has 1 aromatic carbocycles. The minimum Gasteiger partial charge on any atom is -0.312 e. The summed E-state index contributed by atoms with van der Waals surface area (Å²) in [4.78, 5) is 0. The molecule has 0 spiro atoms. The Morgan fingerprint density at radius 1 is 1.53 bits per heavy atom. The quantitative estimate of drug-likeness (QED) is 0.855. The Balaban J connectivity index is 2.01. The van der Waals surface area contributed by atoms with Crippen LogP contribution in [0.2, 0.25) is 5.02 Å². The molecule has 0 aliphatic carbocycles. The van der Waals surface area contributed by atoms with Gasteiger partial charge in [-0.05, 0) is 31.0 Å². The molecule has 0 saturated carbocycles. The third-order valence-electron chi connectivity index (χ3n) is 2.78. The van der Waals surface area contributed by atoms with Gasteiger partial charge in [-0.3, -0.25) is 0 Å². The minimum absolute atomic E-state index is 0.600. The van der Waals surface area contributed by atoms with E-state index in [0.717, 1.165) is 18.0 Å². The van der Waals surface area contributed by atoms with Crippen molar-refractivity contribution in [2.75, 3.05) is 12.3 Å². The van der Waals surface area contributed by atoms with Gasteiger partial charge in [-0.15, -0.1) is 0 Å². The summed E-state index contributed by atoms with van der Waals surface area (Å²) in [5.41, 5.74) is 1.34. The van der Waals surface area contributed by atoms with E-state index in [1.165, 1.54) is 11.3 Å². The van der Waals surface area contributed by atoms with E-state index in [1.54, 1.807) is 0 Å². The van der Waals surface area contributed by atoms with Gasteiger partial charge in [0.1, 0.15) is 0 Å². The molecule has 0 aromatic heterocycles. The fourth-order valence-electron chi connectivity index (χ4n) is 1.90. The van der Waals surface area contributed by atoms with Crippen LogP contribution >= 0.6 is 23.4 Å². The van der Waals surface area contributed by atoms with E-state index >= 15 is 0 Å².